The minimum absolute atomic E-state index is 0.122. The molecule has 2 N–H and O–H groups in total. The SMILES string of the molecule is O=C(N1CCc2cc(Cc3cnc4[nH]cc(Cl)c4c3)cc([C@@H]3COCCN3)c2C1)N1C[C@H]2CC[C@@H]1CO2. The van der Waals surface area contributed by atoms with E-state index in [0.717, 1.165) is 68.5 Å². The lowest BCUT2D eigenvalue weighted by Gasteiger charge is -2.47. The second-order valence-corrected chi connectivity index (χ2v) is 11.2. The maximum absolute atomic E-state index is 13.6. The normalized spacial score (nSPS) is 25.5. The number of hydrogen-bond donors (Lipinski definition) is 2. The fourth-order valence-electron chi connectivity index (χ4n) is 6.42. The molecule has 0 saturated carbocycles. The third-order valence-corrected chi connectivity index (χ3v) is 8.70. The Morgan fingerprint density at radius 2 is 2.14 bits per heavy atom. The van der Waals surface area contributed by atoms with Gasteiger partial charge in [0.2, 0.25) is 0 Å². The summed E-state index contributed by atoms with van der Waals surface area (Å²) in [7, 11) is 0. The molecule has 7 heterocycles. The first kappa shape index (κ1) is 23.5. The molecule has 5 aliphatic heterocycles. The molecule has 1 aromatic carbocycles. The Morgan fingerprint density at radius 3 is 2.92 bits per heavy atom. The molecule has 8 rings (SSSR count). The molecular formula is C28H32ClN5O3. The van der Waals surface area contributed by atoms with E-state index < -0.39 is 0 Å². The lowest BCUT2D eigenvalue weighted by atomic mass is 9.87. The molecule has 9 heteroatoms. The highest BCUT2D eigenvalue weighted by Crippen LogP contribution is 2.33. The molecule has 37 heavy (non-hydrogen) atoms. The summed E-state index contributed by atoms with van der Waals surface area (Å²) in [5, 5.41) is 5.29. The second-order valence-electron chi connectivity index (χ2n) is 10.8. The summed E-state index contributed by atoms with van der Waals surface area (Å²) >= 11 is 6.35. The summed E-state index contributed by atoms with van der Waals surface area (Å²) in [5.74, 6) is 0. The van der Waals surface area contributed by atoms with E-state index in [4.69, 9.17) is 21.1 Å². The summed E-state index contributed by atoms with van der Waals surface area (Å²) in [5.41, 5.74) is 7.04. The van der Waals surface area contributed by atoms with Gasteiger partial charge in [0.15, 0.2) is 0 Å². The Balaban J connectivity index is 1.18. The number of halogens is 1. The zero-order chi connectivity index (χ0) is 24.9. The molecule has 4 fully saturated rings. The number of ether oxygens (including phenoxy) is 2. The topological polar surface area (TPSA) is 82.7 Å². The number of pyridine rings is 1. The van der Waals surface area contributed by atoms with Crippen molar-refractivity contribution in [1.29, 1.82) is 0 Å². The summed E-state index contributed by atoms with van der Waals surface area (Å²) in [6, 6.07) is 7.25. The first-order chi connectivity index (χ1) is 18.1. The highest BCUT2D eigenvalue weighted by molar-refractivity contribution is 6.35. The summed E-state index contributed by atoms with van der Waals surface area (Å²) in [6.07, 6.45) is 7.65. The molecule has 194 valence electrons. The van der Waals surface area contributed by atoms with Crippen LogP contribution in [0.5, 0.6) is 0 Å². The van der Waals surface area contributed by atoms with Crippen molar-refractivity contribution in [2.75, 3.05) is 39.5 Å². The molecule has 2 bridgehead atoms. The number of H-pyrrole nitrogens is 1. The Bertz CT molecular complexity index is 1330. The van der Waals surface area contributed by atoms with Crippen molar-refractivity contribution in [2.24, 2.45) is 0 Å². The van der Waals surface area contributed by atoms with Gasteiger partial charge in [0.25, 0.3) is 0 Å². The van der Waals surface area contributed by atoms with E-state index in [2.05, 4.69) is 38.4 Å². The van der Waals surface area contributed by atoms with E-state index in [1.807, 2.05) is 11.1 Å². The summed E-state index contributed by atoms with van der Waals surface area (Å²) in [6.45, 7) is 4.98. The standard InChI is InChI=1S/C28H32ClN5O3/c29-25-12-32-27-23(25)10-18(11-31-27)7-17-8-19-3-5-33(28(35)34-13-21-2-1-20(34)15-37-21)14-24(19)22(9-17)26-16-36-6-4-30-26/h8-12,20-21,26,30H,1-7,13-16H2,(H,31,32)/t20-,21-,26+/m1/s1. The number of aromatic amines is 1. The van der Waals surface area contributed by atoms with Crippen molar-refractivity contribution in [3.63, 3.8) is 0 Å². The number of morpholine rings is 2. The van der Waals surface area contributed by atoms with Gasteiger partial charge in [-0.1, -0.05) is 23.7 Å². The van der Waals surface area contributed by atoms with Gasteiger partial charge in [-0.05, 0) is 59.6 Å². The molecule has 4 saturated heterocycles. The van der Waals surface area contributed by atoms with Crippen molar-refractivity contribution in [3.05, 3.63) is 63.4 Å². The predicted molar refractivity (Wildman–Crippen MR) is 141 cm³/mol. The van der Waals surface area contributed by atoms with E-state index in [0.29, 0.717) is 24.8 Å². The molecule has 3 atom stereocenters. The molecular weight excluding hydrogens is 490 g/mol. The van der Waals surface area contributed by atoms with E-state index in [1.165, 1.54) is 22.3 Å². The minimum atomic E-state index is 0.122. The molecule has 2 amide bonds. The van der Waals surface area contributed by atoms with Crippen LogP contribution in [0.4, 0.5) is 4.79 Å². The van der Waals surface area contributed by atoms with Crippen molar-refractivity contribution >= 4 is 28.7 Å². The lowest BCUT2D eigenvalue weighted by molar-refractivity contribution is -0.0923. The van der Waals surface area contributed by atoms with Crippen molar-refractivity contribution < 1.29 is 14.3 Å². The van der Waals surface area contributed by atoms with Gasteiger partial charge in [0.1, 0.15) is 5.65 Å². The number of piperidine rings is 1. The van der Waals surface area contributed by atoms with Gasteiger partial charge in [0, 0.05) is 44.0 Å². The van der Waals surface area contributed by atoms with Gasteiger partial charge in [-0.3, -0.25) is 0 Å². The van der Waals surface area contributed by atoms with Crippen molar-refractivity contribution in [3.8, 4) is 0 Å². The smallest absolute Gasteiger partial charge is 0.320 e. The van der Waals surface area contributed by atoms with Crippen LogP contribution in [0.1, 0.15) is 46.7 Å². The van der Waals surface area contributed by atoms with Crippen molar-refractivity contribution in [2.45, 2.75) is 50.4 Å². The van der Waals surface area contributed by atoms with E-state index in [1.54, 1.807) is 6.20 Å². The van der Waals surface area contributed by atoms with E-state index in [-0.39, 0.29) is 24.2 Å². The number of fused-ring (bicyclic) bond motifs is 5. The minimum Gasteiger partial charge on any atom is -0.378 e. The van der Waals surface area contributed by atoms with Crippen LogP contribution in [0.2, 0.25) is 5.02 Å². The number of aromatic nitrogens is 2. The predicted octanol–water partition coefficient (Wildman–Crippen LogP) is 3.81. The van der Waals surface area contributed by atoms with Crippen LogP contribution in [0, 0.1) is 0 Å². The molecule has 5 aliphatic rings. The van der Waals surface area contributed by atoms with E-state index >= 15 is 0 Å². The zero-order valence-corrected chi connectivity index (χ0v) is 21.6. The molecule has 0 spiro atoms. The first-order valence-electron chi connectivity index (χ1n) is 13.4. The van der Waals surface area contributed by atoms with Crippen LogP contribution in [0.3, 0.4) is 0 Å². The van der Waals surface area contributed by atoms with Gasteiger partial charge >= 0.3 is 6.03 Å². The molecule has 0 aliphatic carbocycles. The number of urea groups is 1. The molecule has 8 nitrogen and oxygen atoms in total. The largest absolute Gasteiger partial charge is 0.378 e. The van der Waals surface area contributed by atoms with Gasteiger partial charge in [-0.15, -0.1) is 0 Å². The molecule has 3 aromatic rings. The Kier molecular flexibility index (Phi) is 6.08. The average molecular weight is 522 g/mol. The number of amides is 2. The zero-order valence-electron chi connectivity index (χ0n) is 20.8. The number of carbonyl (C=O) groups excluding carboxylic acids is 1. The number of rotatable bonds is 3. The summed E-state index contributed by atoms with van der Waals surface area (Å²) < 4.78 is 11.7. The van der Waals surface area contributed by atoms with Crippen LogP contribution in [-0.4, -0.2) is 77.4 Å². The van der Waals surface area contributed by atoms with Gasteiger partial charge in [-0.25, -0.2) is 9.78 Å². The van der Waals surface area contributed by atoms with Crippen LogP contribution in [-0.2, 0) is 28.9 Å². The lowest BCUT2D eigenvalue weighted by Crippen LogP contribution is -2.60. The van der Waals surface area contributed by atoms with Gasteiger partial charge in [-0.2, -0.15) is 0 Å². The van der Waals surface area contributed by atoms with Gasteiger partial charge in [0.05, 0.1) is 43.0 Å². The highest BCUT2D eigenvalue weighted by Gasteiger charge is 2.40. The summed E-state index contributed by atoms with van der Waals surface area (Å²) in [4.78, 5) is 25.4. The van der Waals surface area contributed by atoms with Crippen LogP contribution < -0.4 is 5.32 Å². The number of hydrogen-bond acceptors (Lipinski definition) is 5. The van der Waals surface area contributed by atoms with Crippen LogP contribution in [0.25, 0.3) is 11.0 Å². The fourth-order valence-corrected chi connectivity index (χ4v) is 6.62. The van der Waals surface area contributed by atoms with Crippen molar-refractivity contribution in [1.82, 2.24) is 25.1 Å². The van der Waals surface area contributed by atoms with E-state index in [9.17, 15) is 4.79 Å². The number of benzene rings is 1. The monoisotopic (exact) mass is 521 g/mol. The van der Waals surface area contributed by atoms with Crippen LogP contribution in [0.15, 0.2) is 30.6 Å². The maximum Gasteiger partial charge on any atom is 0.320 e. The Morgan fingerprint density at radius 1 is 1.19 bits per heavy atom. The first-order valence-corrected chi connectivity index (χ1v) is 13.7. The number of nitrogens with zero attached hydrogens (tertiary/aromatic N) is 3. The molecule has 0 unspecified atom stereocenters. The Labute approximate surface area is 221 Å². The number of carbonyl (C=O) groups is 1. The third-order valence-electron chi connectivity index (χ3n) is 8.38. The third kappa shape index (κ3) is 4.40. The second kappa shape index (κ2) is 9.58. The Hall–Kier alpha value is -2.65. The number of nitrogens with one attached hydrogen (secondary N) is 2. The fraction of sp³-hybridized carbons (Fsp3) is 0.500. The molecule has 2 aromatic heterocycles. The average Bonchev–Trinajstić information content (AvgIpc) is 3.33. The van der Waals surface area contributed by atoms with Gasteiger partial charge < -0.3 is 29.6 Å². The quantitative estimate of drug-likeness (QED) is 0.547. The maximum atomic E-state index is 13.6. The van der Waals surface area contributed by atoms with Crippen LogP contribution >= 0.6 is 11.6 Å². The molecule has 0 radical (unpaired) electrons. The highest BCUT2D eigenvalue weighted by atomic mass is 35.5.